The van der Waals surface area contributed by atoms with Crippen molar-refractivity contribution in [3.05, 3.63) is 22.6 Å². The van der Waals surface area contributed by atoms with Crippen molar-refractivity contribution in [2.24, 2.45) is 0 Å². The molecule has 0 aliphatic heterocycles. The standard InChI is InChI=1S/C8H10N2O3/c1-6(11)2-3-10-8(13)4-7(12)5-9-10/h4-5,12H,2-3H2,1H3. The Morgan fingerprint density at radius 1 is 1.69 bits per heavy atom. The molecule has 1 rings (SSSR count). The predicted molar refractivity (Wildman–Crippen MR) is 45.5 cm³/mol. The molecule has 5 heteroatoms. The fraction of sp³-hybridized carbons (Fsp3) is 0.375. The van der Waals surface area contributed by atoms with Crippen LogP contribution in [0.25, 0.3) is 0 Å². The van der Waals surface area contributed by atoms with Gasteiger partial charge in [-0.25, -0.2) is 4.68 Å². The maximum atomic E-state index is 11.1. The number of hydrogen-bond acceptors (Lipinski definition) is 4. The number of carbonyl (C=O) groups is 1. The van der Waals surface area contributed by atoms with Crippen LogP contribution in [0.15, 0.2) is 17.1 Å². The van der Waals surface area contributed by atoms with E-state index in [4.69, 9.17) is 5.11 Å². The van der Waals surface area contributed by atoms with Gasteiger partial charge in [0.15, 0.2) is 0 Å². The monoisotopic (exact) mass is 182 g/mol. The summed E-state index contributed by atoms with van der Waals surface area (Å²) in [5.41, 5.74) is -0.402. The van der Waals surface area contributed by atoms with E-state index in [2.05, 4.69) is 5.10 Å². The molecule has 0 aliphatic carbocycles. The zero-order chi connectivity index (χ0) is 9.84. The number of carbonyl (C=O) groups excluding carboxylic acids is 1. The Balaban J connectivity index is 2.78. The van der Waals surface area contributed by atoms with Gasteiger partial charge in [0.1, 0.15) is 11.5 Å². The van der Waals surface area contributed by atoms with Gasteiger partial charge >= 0.3 is 0 Å². The van der Waals surface area contributed by atoms with Crippen molar-refractivity contribution in [2.45, 2.75) is 19.9 Å². The predicted octanol–water partition coefficient (Wildman–Crippen LogP) is -0.0720. The average Bonchev–Trinajstić information content (AvgIpc) is 2.02. The first-order valence-electron chi connectivity index (χ1n) is 3.85. The van der Waals surface area contributed by atoms with Crippen LogP contribution >= 0.6 is 0 Å². The largest absolute Gasteiger partial charge is 0.506 e. The van der Waals surface area contributed by atoms with Gasteiger partial charge in [0.2, 0.25) is 0 Å². The highest BCUT2D eigenvalue weighted by Crippen LogP contribution is 1.98. The molecule has 0 fully saturated rings. The first-order chi connectivity index (χ1) is 6.09. The summed E-state index contributed by atoms with van der Waals surface area (Å²) >= 11 is 0. The number of aromatic nitrogens is 2. The van der Waals surface area contributed by atoms with Crippen LogP contribution in [0.2, 0.25) is 0 Å². The number of ketones is 1. The molecule has 0 aromatic carbocycles. The molecule has 0 aliphatic rings. The first-order valence-corrected chi connectivity index (χ1v) is 3.85. The van der Waals surface area contributed by atoms with Gasteiger partial charge in [0.25, 0.3) is 5.56 Å². The molecule has 1 N–H and O–H groups in total. The van der Waals surface area contributed by atoms with Crippen molar-refractivity contribution in [3.63, 3.8) is 0 Å². The number of rotatable bonds is 3. The van der Waals surface area contributed by atoms with Crippen molar-refractivity contribution in [1.82, 2.24) is 9.78 Å². The molecule has 0 atom stereocenters. The molecule has 5 nitrogen and oxygen atoms in total. The minimum atomic E-state index is -0.402. The zero-order valence-electron chi connectivity index (χ0n) is 7.23. The Hall–Kier alpha value is -1.65. The third-order valence-electron chi connectivity index (χ3n) is 1.53. The third-order valence-corrected chi connectivity index (χ3v) is 1.53. The fourth-order valence-corrected chi connectivity index (χ4v) is 0.855. The summed E-state index contributed by atoms with van der Waals surface area (Å²) in [5, 5.41) is 12.5. The van der Waals surface area contributed by atoms with Gasteiger partial charge in [-0.05, 0) is 6.92 Å². The Bertz CT molecular complexity index is 370. The normalized spacial score (nSPS) is 9.92. The van der Waals surface area contributed by atoms with E-state index in [1.54, 1.807) is 0 Å². The second-order valence-electron chi connectivity index (χ2n) is 2.73. The fourth-order valence-electron chi connectivity index (χ4n) is 0.855. The van der Waals surface area contributed by atoms with Crippen LogP contribution in [-0.2, 0) is 11.3 Å². The summed E-state index contributed by atoms with van der Waals surface area (Å²) in [6.07, 6.45) is 1.44. The zero-order valence-corrected chi connectivity index (χ0v) is 7.23. The minimum Gasteiger partial charge on any atom is -0.506 e. The van der Waals surface area contributed by atoms with Gasteiger partial charge < -0.3 is 5.11 Å². The van der Waals surface area contributed by atoms with Crippen LogP contribution < -0.4 is 5.56 Å². The molecule has 70 valence electrons. The molecule has 1 aromatic heterocycles. The lowest BCUT2D eigenvalue weighted by molar-refractivity contribution is -0.117. The maximum Gasteiger partial charge on any atom is 0.270 e. The van der Waals surface area contributed by atoms with Crippen LogP contribution in [-0.4, -0.2) is 20.7 Å². The van der Waals surface area contributed by atoms with E-state index in [0.29, 0.717) is 0 Å². The molecule has 0 amide bonds. The highest BCUT2D eigenvalue weighted by atomic mass is 16.3. The maximum absolute atomic E-state index is 11.1. The van der Waals surface area contributed by atoms with Gasteiger partial charge in [-0.2, -0.15) is 5.10 Å². The molecule has 0 unspecified atom stereocenters. The number of aromatic hydroxyl groups is 1. The molecule has 0 bridgehead atoms. The second-order valence-corrected chi connectivity index (χ2v) is 2.73. The summed E-state index contributed by atoms with van der Waals surface area (Å²) < 4.78 is 1.14. The summed E-state index contributed by atoms with van der Waals surface area (Å²) in [6, 6.07) is 1.06. The van der Waals surface area contributed by atoms with Crippen LogP contribution in [0.5, 0.6) is 5.75 Å². The molecule has 0 saturated heterocycles. The number of nitrogens with zero attached hydrogens (tertiary/aromatic N) is 2. The highest BCUT2D eigenvalue weighted by molar-refractivity contribution is 5.75. The summed E-state index contributed by atoms with van der Waals surface area (Å²) in [4.78, 5) is 21.7. The molecule has 1 heterocycles. The Labute approximate surface area is 74.6 Å². The molecular weight excluding hydrogens is 172 g/mol. The molecular formula is C8H10N2O3. The van der Waals surface area contributed by atoms with E-state index in [0.717, 1.165) is 10.7 Å². The van der Waals surface area contributed by atoms with Crippen LogP contribution in [0.4, 0.5) is 0 Å². The van der Waals surface area contributed by atoms with Crippen molar-refractivity contribution >= 4 is 5.78 Å². The van der Waals surface area contributed by atoms with Crippen LogP contribution in [0.3, 0.4) is 0 Å². The van der Waals surface area contributed by atoms with E-state index in [-0.39, 0.29) is 24.5 Å². The van der Waals surface area contributed by atoms with Crippen molar-refractivity contribution in [2.75, 3.05) is 0 Å². The third kappa shape index (κ3) is 2.70. The molecule has 1 aromatic rings. The van der Waals surface area contributed by atoms with Crippen molar-refractivity contribution < 1.29 is 9.90 Å². The molecule has 0 spiro atoms. The Morgan fingerprint density at radius 2 is 2.38 bits per heavy atom. The average molecular weight is 182 g/mol. The summed E-state index contributed by atoms with van der Waals surface area (Å²) in [6.45, 7) is 1.71. The van der Waals surface area contributed by atoms with E-state index in [1.807, 2.05) is 0 Å². The summed E-state index contributed by atoms with van der Waals surface area (Å²) in [5.74, 6) is -0.161. The lowest BCUT2D eigenvalue weighted by Gasteiger charge is -2.00. The second kappa shape index (κ2) is 3.84. The highest BCUT2D eigenvalue weighted by Gasteiger charge is 2.00. The Morgan fingerprint density at radius 3 is 2.92 bits per heavy atom. The van der Waals surface area contributed by atoms with E-state index in [9.17, 15) is 9.59 Å². The quantitative estimate of drug-likeness (QED) is 0.710. The lowest BCUT2D eigenvalue weighted by Crippen LogP contribution is -2.22. The van der Waals surface area contributed by atoms with E-state index < -0.39 is 5.56 Å². The van der Waals surface area contributed by atoms with Gasteiger partial charge in [0, 0.05) is 12.5 Å². The van der Waals surface area contributed by atoms with Crippen molar-refractivity contribution in [3.8, 4) is 5.75 Å². The molecule has 13 heavy (non-hydrogen) atoms. The first kappa shape index (κ1) is 9.44. The van der Waals surface area contributed by atoms with Crippen LogP contribution in [0, 0.1) is 0 Å². The minimum absolute atomic E-state index is 0.00164. The number of hydrogen-bond donors (Lipinski definition) is 1. The van der Waals surface area contributed by atoms with E-state index in [1.165, 1.54) is 13.1 Å². The lowest BCUT2D eigenvalue weighted by atomic mass is 10.3. The topological polar surface area (TPSA) is 72.2 Å². The Kier molecular flexibility index (Phi) is 2.79. The van der Waals surface area contributed by atoms with Gasteiger partial charge in [-0.3, -0.25) is 9.59 Å². The van der Waals surface area contributed by atoms with Gasteiger partial charge in [-0.1, -0.05) is 0 Å². The van der Waals surface area contributed by atoms with Gasteiger partial charge in [-0.15, -0.1) is 0 Å². The summed E-state index contributed by atoms with van der Waals surface area (Å²) in [7, 11) is 0. The molecule has 0 saturated carbocycles. The van der Waals surface area contributed by atoms with E-state index >= 15 is 0 Å². The van der Waals surface area contributed by atoms with Crippen LogP contribution in [0.1, 0.15) is 13.3 Å². The number of Topliss-reactive ketones (excluding diaryl/α,β-unsaturated/α-hetero) is 1. The van der Waals surface area contributed by atoms with Gasteiger partial charge in [0.05, 0.1) is 12.7 Å². The molecule has 0 radical (unpaired) electrons. The van der Waals surface area contributed by atoms with Crippen molar-refractivity contribution in [1.29, 1.82) is 0 Å². The smallest absolute Gasteiger partial charge is 0.270 e. The number of aryl methyl sites for hydroxylation is 1. The SMILES string of the molecule is CC(=O)CCn1ncc(O)cc1=O.